The number of ether oxygens (including phenoxy) is 1. The Hall–Kier alpha value is -2.43. The van der Waals surface area contributed by atoms with E-state index in [1.165, 1.54) is 6.07 Å². The number of carbonyl (C=O) groups excluding carboxylic acids is 1. The van der Waals surface area contributed by atoms with Crippen LogP contribution >= 0.6 is 0 Å². The molecule has 92 valence electrons. The molecule has 5 heteroatoms. The van der Waals surface area contributed by atoms with Gasteiger partial charge in [-0.1, -0.05) is 0 Å². The molecule has 0 saturated carbocycles. The summed E-state index contributed by atoms with van der Waals surface area (Å²) in [5, 5.41) is 0. The fourth-order valence-electron chi connectivity index (χ4n) is 1.56. The highest BCUT2D eigenvalue weighted by Crippen LogP contribution is 2.13. The Kier molecular flexibility index (Phi) is 3.52. The van der Waals surface area contributed by atoms with Gasteiger partial charge in [0.15, 0.2) is 0 Å². The van der Waals surface area contributed by atoms with E-state index in [-0.39, 0.29) is 17.9 Å². The summed E-state index contributed by atoms with van der Waals surface area (Å²) < 4.78 is 4.81. The predicted octanol–water partition coefficient (Wildman–Crippen LogP) is 1.61. The fraction of sp³-hybridized carbons (Fsp3) is 0.154. The summed E-state index contributed by atoms with van der Waals surface area (Å²) in [5.41, 5.74) is 1.07. The van der Waals surface area contributed by atoms with Crippen molar-refractivity contribution in [1.29, 1.82) is 0 Å². The van der Waals surface area contributed by atoms with Crippen LogP contribution in [0.4, 0.5) is 0 Å². The van der Waals surface area contributed by atoms with Crippen LogP contribution in [0.2, 0.25) is 0 Å². The topological polar surface area (TPSA) is 72.0 Å². The number of carbonyl (C=O) groups is 1. The van der Waals surface area contributed by atoms with Crippen molar-refractivity contribution in [1.82, 2.24) is 9.97 Å². The number of aromatic nitrogens is 2. The van der Waals surface area contributed by atoms with Gasteiger partial charge >= 0.3 is 5.97 Å². The molecule has 0 saturated heterocycles. The zero-order valence-electron chi connectivity index (χ0n) is 9.84. The summed E-state index contributed by atoms with van der Waals surface area (Å²) in [6.07, 6.45) is 3.21. The second-order valence-electron chi connectivity index (χ2n) is 3.57. The molecule has 2 aromatic rings. The van der Waals surface area contributed by atoms with Gasteiger partial charge < -0.3 is 9.72 Å². The molecule has 0 aliphatic carbocycles. The maximum atomic E-state index is 11.9. The molecule has 0 aromatic carbocycles. The minimum atomic E-state index is -0.532. The molecule has 0 amide bonds. The van der Waals surface area contributed by atoms with Gasteiger partial charge in [0.1, 0.15) is 5.69 Å². The van der Waals surface area contributed by atoms with Crippen molar-refractivity contribution in [2.24, 2.45) is 0 Å². The fourth-order valence-corrected chi connectivity index (χ4v) is 1.56. The highest BCUT2D eigenvalue weighted by Gasteiger charge is 2.10. The monoisotopic (exact) mass is 244 g/mol. The minimum absolute atomic E-state index is 0.152. The predicted molar refractivity (Wildman–Crippen MR) is 66.3 cm³/mol. The zero-order valence-corrected chi connectivity index (χ0v) is 9.84. The number of hydrogen-bond donors (Lipinski definition) is 1. The van der Waals surface area contributed by atoms with Crippen LogP contribution in [0.1, 0.15) is 17.4 Å². The molecule has 5 nitrogen and oxygen atoms in total. The van der Waals surface area contributed by atoms with Crippen LogP contribution in [0, 0.1) is 0 Å². The Morgan fingerprint density at radius 2 is 2.00 bits per heavy atom. The van der Waals surface area contributed by atoms with E-state index < -0.39 is 5.97 Å². The van der Waals surface area contributed by atoms with E-state index in [9.17, 15) is 9.59 Å². The van der Waals surface area contributed by atoms with E-state index in [1.54, 1.807) is 37.5 Å². The first-order valence-electron chi connectivity index (χ1n) is 5.53. The Morgan fingerprint density at radius 1 is 1.28 bits per heavy atom. The number of H-pyrrole nitrogens is 1. The summed E-state index contributed by atoms with van der Waals surface area (Å²) in [5.74, 6) is -0.532. The smallest absolute Gasteiger partial charge is 0.354 e. The van der Waals surface area contributed by atoms with E-state index in [4.69, 9.17) is 4.74 Å². The molecule has 0 aliphatic rings. The first-order valence-corrected chi connectivity index (χ1v) is 5.53. The van der Waals surface area contributed by atoms with Gasteiger partial charge in [-0.3, -0.25) is 9.78 Å². The lowest BCUT2D eigenvalue weighted by Gasteiger charge is -2.03. The van der Waals surface area contributed by atoms with E-state index in [1.807, 2.05) is 0 Å². The van der Waals surface area contributed by atoms with Gasteiger partial charge in [0.2, 0.25) is 0 Å². The molecule has 2 heterocycles. The normalized spacial score (nSPS) is 10.1. The Labute approximate surface area is 103 Å². The number of pyridine rings is 2. The number of esters is 1. The molecule has 0 fully saturated rings. The number of nitrogens with zero attached hydrogens (tertiary/aromatic N) is 1. The molecule has 2 aromatic heterocycles. The van der Waals surface area contributed by atoms with Crippen LogP contribution < -0.4 is 5.56 Å². The Bertz CT molecular complexity index is 605. The van der Waals surface area contributed by atoms with Gasteiger partial charge in [0, 0.05) is 18.0 Å². The maximum absolute atomic E-state index is 11.9. The summed E-state index contributed by atoms with van der Waals surface area (Å²) in [6, 6.07) is 6.60. The minimum Gasteiger partial charge on any atom is -0.461 e. The van der Waals surface area contributed by atoms with E-state index in [0.29, 0.717) is 5.56 Å². The van der Waals surface area contributed by atoms with E-state index >= 15 is 0 Å². The van der Waals surface area contributed by atoms with Crippen LogP contribution in [0.25, 0.3) is 11.1 Å². The first kappa shape index (κ1) is 12.0. The molecule has 0 radical (unpaired) electrons. The first-order chi connectivity index (χ1) is 8.72. The summed E-state index contributed by atoms with van der Waals surface area (Å²) in [7, 11) is 0. The van der Waals surface area contributed by atoms with Crippen LogP contribution in [-0.2, 0) is 4.74 Å². The molecular formula is C13H12N2O3. The number of aromatic amines is 1. The van der Waals surface area contributed by atoms with Crippen molar-refractivity contribution < 1.29 is 9.53 Å². The number of nitrogens with one attached hydrogen (secondary N) is 1. The molecule has 0 atom stereocenters. The van der Waals surface area contributed by atoms with Gasteiger partial charge in [0.25, 0.3) is 5.56 Å². The third-order valence-corrected chi connectivity index (χ3v) is 2.40. The van der Waals surface area contributed by atoms with Crippen molar-refractivity contribution in [2.75, 3.05) is 6.61 Å². The van der Waals surface area contributed by atoms with Gasteiger partial charge in [-0.25, -0.2) is 4.79 Å². The second-order valence-corrected chi connectivity index (χ2v) is 3.57. The highest BCUT2D eigenvalue weighted by molar-refractivity contribution is 5.87. The lowest BCUT2D eigenvalue weighted by atomic mass is 10.1. The van der Waals surface area contributed by atoms with Crippen molar-refractivity contribution in [3.05, 3.63) is 52.7 Å². The summed E-state index contributed by atoms with van der Waals surface area (Å²) in [4.78, 5) is 29.7. The molecule has 0 unspecified atom stereocenters. The molecule has 0 aliphatic heterocycles. The number of hydrogen-bond acceptors (Lipinski definition) is 4. The van der Waals surface area contributed by atoms with Crippen molar-refractivity contribution in [3.8, 4) is 11.1 Å². The quantitative estimate of drug-likeness (QED) is 0.832. The van der Waals surface area contributed by atoms with Crippen molar-refractivity contribution in [3.63, 3.8) is 0 Å². The standard InChI is InChI=1S/C13H12N2O3/c1-2-18-13(17)11-4-3-10(12(16)15-11)9-5-7-14-8-6-9/h3-8H,2H2,1H3,(H,15,16). The van der Waals surface area contributed by atoms with Crippen LogP contribution in [0.3, 0.4) is 0 Å². The number of rotatable bonds is 3. The lowest BCUT2D eigenvalue weighted by Crippen LogP contribution is -2.16. The SMILES string of the molecule is CCOC(=O)c1ccc(-c2ccncc2)c(=O)[nH]1. The van der Waals surface area contributed by atoms with Crippen molar-refractivity contribution >= 4 is 5.97 Å². The largest absolute Gasteiger partial charge is 0.461 e. The Morgan fingerprint density at radius 3 is 2.61 bits per heavy atom. The van der Waals surface area contributed by atoms with Gasteiger partial charge in [-0.2, -0.15) is 0 Å². The van der Waals surface area contributed by atoms with Crippen LogP contribution in [0.15, 0.2) is 41.5 Å². The average molecular weight is 244 g/mol. The van der Waals surface area contributed by atoms with E-state index in [0.717, 1.165) is 5.56 Å². The maximum Gasteiger partial charge on any atom is 0.354 e. The van der Waals surface area contributed by atoms with Gasteiger partial charge in [0.05, 0.1) is 6.61 Å². The molecule has 1 N–H and O–H groups in total. The van der Waals surface area contributed by atoms with Gasteiger partial charge in [-0.05, 0) is 36.8 Å². The summed E-state index contributed by atoms with van der Waals surface area (Å²) in [6.45, 7) is 1.98. The van der Waals surface area contributed by atoms with Crippen LogP contribution in [0.5, 0.6) is 0 Å². The van der Waals surface area contributed by atoms with Crippen LogP contribution in [-0.4, -0.2) is 22.5 Å². The zero-order chi connectivity index (χ0) is 13.0. The molecule has 0 bridgehead atoms. The third-order valence-electron chi connectivity index (χ3n) is 2.40. The molecule has 0 spiro atoms. The molecular weight excluding hydrogens is 232 g/mol. The summed E-state index contributed by atoms with van der Waals surface area (Å²) >= 11 is 0. The Balaban J connectivity index is 2.38. The van der Waals surface area contributed by atoms with Gasteiger partial charge in [-0.15, -0.1) is 0 Å². The highest BCUT2D eigenvalue weighted by atomic mass is 16.5. The lowest BCUT2D eigenvalue weighted by molar-refractivity contribution is 0.0519. The molecule has 18 heavy (non-hydrogen) atoms. The average Bonchev–Trinajstić information content (AvgIpc) is 2.40. The van der Waals surface area contributed by atoms with E-state index in [2.05, 4.69) is 9.97 Å². The second kappa shape index (κ2) is 5.27. The van der Waals surface area contributed by atoms with Crippen molar-refractivity contribution in [2.45, 2.75) is 6.92 Å². The third kappa shape index (κ3) is 2.45. The molecule has 2 rings (SSSR count).